The van der Waals surface area contributed by atoms with Crippen molar-refractivity contribution in [1.29, 1.82) is 0 Å². The van der Waals surface area contributed by atoms with Crippen LogP contribution in [0.1, 0.15) is 46.0 Å². The molecule has 3 aliphatic rings. The second-order valence-electron chi connectivity index (χ2n) is 7.39. The van der Waals surface area contributed by atoms with Gasteiger partial charge < -0.3 is 4.74 Å². The van der Waals surface area contributed by atoms with Gasteiger partial charge in [0.15, 0.2) is 0 Å². The minimum Gasteiger partial charge on any atom is -0.469 e. The average molecular weight is 329 g/mol. The van der Waals surface area contributed by atoms with Gasteiger partial charge in [0.1, 0.15) is 0 Å². The molecule has 0 N–H and O–H groups in total. The van der Waals surface area contributed by atoms with Crippen molar-refractivity contribution in [1.82, 2.24) is 4.31 Å². The fourth-order valence-corrected chi connectivity index (χ4v) is 7.61. The number of hydrogen-bond acceptors (Lipinski definition) is 5. The molecule has 2 aliphatic carbocycles. The van der Waals surface area contributed by atoms with Crippen LogP contribution in [0.15, 0.2) is 0 Å². The Morgan fingerprint density at radius 3 is 2.55 bits per heavy atom. The molecule has 2 bridgehead atoms. The number of amides is 1. The number of rotatable bonds is 3. The summed E-state index contributed by atoms with van der Waals surface area (Å²) in [5, 5.41) is 0. The van der Waals surface area contributed by atoms with E-state index in [0.29, 0.717) is 5.92 Å². The van der Waals surface area contributed by atoms with Gasteiger partial charge in [0.2, 0.25) is 15.9 Å². The summed E-state index contributed by atoms with van der Waals surface area (Å²) >= 11 is 0. The summed E-state index contributed by atoms with van der Waals surface area (Å²) in [6, 6.07) is -0.226. The molecule has 124 valence electrons. The van der Waals surface area contributed by atoms with Crippen molar-refractivity contribution in [2.75, 3.05) is 12.9 Å². The normalized spacial score (nSPS) is 37.1. The zero-order valence-corrected chi connectivity index (χ0v) is 14.1. The largest absolute Gasteiger partial charge is 0.469 e. The van der Waals surface area contributed by atoms with Crippen molar-refractivity contribution in [3.05, 3.63) is 0 Å². The second kappa shape index (κ2) is 4.69. The third-order valence-electron chi connectivity index (χ3n) is 6.43. The molecule has 0 aromatic heterocycles. The van der Waals surface area contributed by atoms with Gasteiger partial charge >= 0.3 is 5.97 Å². The Labute approximate surface area is 131 Å². The molecule has 0 radical (unpaired) electrons. The monoisotopic (exact) mass is 329 g/mol. The number of nitrogens with zero attached hydrogens (tertiary/aromatic N) is 1. The molecule has 1 saturated heterocycles. The number of carbonyl (C=O) groups excluding carboxylic acids is 2. The Bertz CT molecular complexity index is 626. The maximum Gasteiger partial charge on any atom is 0.306 e. The lowest BCUT2D eigenvalue weighted by atomic mass is 9.69. The molecule has 7 heteroatoms. The van der Waals surface area contributed by atoms with Crippen molar-refractivity contribution in [3.63, 3.8) is 0 Å². The van der Waals surface area contributed by atoms with Crippen LogP contribution in [0, 0.1) is 16.7 Å². The molecule has 1 amide bonds. The smallest absolute Gasteiger partial charge is 0.306 e. The maximum absolute atomic E-state index is 12.6. The van der Waals surface area contributed by atoms with E-state index >= 15 is 0 Å². The number of fused-ring (bicyclic) bond motifs is 1. The van der Waals surface area contributed by atoms with Gasteiger partial charge in [-0.2, -0.15) is 0 Å². The molecule has 3 fully saturated rings. The first-order valence-electron chi connectivity index (χ1n) is 7.77. The van der Waals surface area contributed by atoms with Crippen molar-refractivity contribution in [2.45, 2.75) is 52.0 Å². The predicted molar refractivity (Wildman–Crippen MR) is 79.2 cm³/mol. The number of sulfonamides is 1. The summed E-state index contributed by atoms with van der Waals surface area (Å²) in [6.07, 6.45) is 2.49. The fourth-order valence-electron chi connectivity index (χ4n) is 5.04. The van der Waals surface area contributed by atoms with Crippen LogP contribution >= 0.6 is 0 Å². The Kier molecular flexibility index (Phi) is 3.36. The zero-order chi connectivity index (χ0) is 16.3. The lowest BCUT2D eigenvalue weighted by Gasteiger charge is -2.37. The number of esters is 1. The summed E-state index contributed by atoms with van der Waals surface area (Å²) in [7, 11) is -2.33. The van der Waals surface area contributed by atoms with Gasteiger partial charge in [-0.15, -0.1) is 0 Å². The van der Waals surface area contributed by atoms with E-state index in [1.165, 1.54) is 7.11 Å². The maximum atomic E-state index is 12.6. The lowest BCUT2D eigenvalue weighted by Crippen LogP contribution is -2.44. The predicted octanol–water partition coefficient (Wildman–Crippen LogP) is 1.31. The molecule has 1 spiro atoms. The standard InChI is InChI=1S/C15H23NO5S/c1-14(2)10-6-7-15(14)9-22(19,20)16(11(15)8-10)12(17)4-5-13(18)21-3/h10-11H,4-9H2,1-3H3/t10-,11-,15-/m0/s1. The molecule has 0 unspecified atom stereocenters. The van der Waals surface area contributed by atoms with Crippen LogP contribution in [0.2, 0.25) is 0 Å². The third kappa shape index (κ3) is 1.87. The molecular weight excluding hydrogens is 306 g/mol. The highest BCUT2D eigenvalue weighted by Gasteiger charge is 2.72. The molecule has 1 heterocycles. The van der Waals surface area contributed by atoms with Gasteiger partial charge in [-0.05, 0) is 30.6 Å². The van der Waals surface area contributed by atoms with Crippen molar-refractivity contribution in [2.24, 2.45) is 16.7 Å². The topological polar surface area (TPSA) is 80.8 Å². The summed E-state index contributed by atoms with van der Waals surface area (Å²) in [6.45, 7) is 4.28. The van der Waals surface area contributed by atoms with Gasteiger partial charge in [0.25, 0.3) is 0 Å². The minimum absolute atomic E-state index is 0.0535. The second-order valence-corrected chi connectivity index (χ2v) is 9.23. The van der Waals surface area contributed by atoms with Crippen LogP contribution in [0.3, 0.4) is 0 Å². The SMILES string of the molecule is COC(=O)CCC(=O)N1[C@H]2C[C@@H]3CC[C@@]2(CS1(=O)=O)C3(C)C. The van der Waals surface area contributed by atoms with E-state index < -0.39 is 21.9 Å². The molecular formula is C15H23NO5S. The first kappa shape index (κ1) is 15.8. The summed E-state index contributed by atoms with van der Waals surface area (Å²) in [5.41, 5.74) is -0.362. The summed E-state index contributed by atoms with van der Waals surface area (Å²) < 4.78 is 30.8. The van der Waals surface area contributed by atoms with Gasteiger partial charge in [-0.3, -0.25) is 9.59 Å². The van der Waals surface area contributed by atoms with E-state index in [-0.39, 0.29) is 35.5 Å². The molecule has 3 rings (SSSR count). The van der Waals surface area contributed by atoms with Crippen LogP contribution in [-0.2, 0) is 24.3 Å². The van der Waals surface area contributed by atoms with E-state index in [4.69, 9.17) is 0 Å². The number of carbonyl (C=O) groups is 2. The first-order valence-corrected chi connectivity index (χ1v) is 9.38. The summed E-state index contributed by atoms with van der Waals surface area (Å²) in [5.74, 6) is -0.412. The average Bonchev–Trinajstić information content (AvgIpc) is 2.91. The number of hydrogen-bond donors (Lipinski definition) is 0. The van der Waals surface area contributed by atoms with Crippen molar-refractivity contribution < 1.29 is 22.7 Å². The highest BCUT2D eigenvalue weighted by atomic mass is 32.2. The van der Waals surface area contributed by atoms with E-state index in [9.17, 15) is 18.0 Å². The van der Waals surface area contributed by atoms with Gasteiger partial charge in [-0.25, -0.2) is 12.7 Å². The Balaban J connectivity index is 1.87. The highest BCUT2D eigenvalue weighted by molar-refractivity contribution is 7.90. The van der Waals surface area contributed by atoms with Crippen molar-refractivity contribution >= 4 is 21.9 Å². The quantitative estimate of drug-likeness (QED) is 0.729. The summed E-state index contributed by atoms with van der Waals surface area (Å²) in [4.78, 5) is 23.7. The fraction of sp³-hybridized carbons (Fsp3) is 0.867. The van der Waals surface area contributed by atoms with E-state index in [1.54, 1.807) is 0 Å². The number of ether oxygens (including phenoxy) is 1. The van der Waals surface area contributed by atoms with Crippen LogP contribution in [-0.4, -0.2) is 43.5 Å². The molecule has 1 aliphatic heterocycles. The van der Waals surface area contributed by atoms with Gasteiger partial charge in [-0.1, -0.05) is 13.8 Å². The Morgan fingerprint density at radius 1 is 1.27 bits per heavy atom. The van der Waals surface area contributed by atoms with Gasteiger partial charge in [0.05, 0.1) is 25.3 Å². The first-order chi connectivity index (χ1) is 10.2. The third-order valence-corrected chi connectivity index (χ3v) is 8.37. The minimum atomic E-state index is -3.58. The molecule has 22 heavy (non-hydrogen) atoms. The molecule has 0 aromatic carbocycles. The Hall–Kier alpha value is -1.11. The van der Waals surface area contributed by atoms with Gasteiger partial charge in [0, 0.05) is 11.8 Å². The molecule has 6 nitrogen and oxygen atoms in total. The van der Waals surface area contributed by atoms with Crippen LogP contribution < -0.4 is 0 Å². The van der Waals surface area contributed by atoms with Crippen molar-refractivity contribution in [3.8, 4) is 0 Å². The Morgan fingerprint density at radius 2 is 1.95 bits per heavy atom. The zero-order valence-electron chi connectivity index (χ0n) is 13.3. The van der Waals surface area contributed by atoms with Crippen LogP contribution in [0.25, 0.3) is 0 Å². The molecule has 2 saturated carbocycles. The van der Waals surface area contributed by atoms with Crippen LogP contribution in [0.4, 0.5) is 0 Å². The number of methoxy groups -OCH3 is 1. The molecule has 0 aromatic rings. The molecule has 3 atom stereocenters. The van der Waals surface area contributed by atoms with E-state index in [2.05, 4.69) is 18.6 Å². The van der Waals surface area contributed by atoms with E-state index in [0.717, 1.165) is 23.6 Å². The van der Waals surface area contributed by atoms with Crippen LogP contribution in [0.5, 0.6) is 0 Å². The van der Waals surface area contributed by atoms with E-state index in [1.807, 2.05) is 0 Å². The lowest BCUT2D eigenvalue weighted by molar-refractivity contribution is -0.143. The highest BCUT2D eigenvalue weighted by Crippen LogP contribution is 2.69.